The number of halogens is 1. The van der Waals surface area contributed by atoms with Gasteiger partial charge >= 0.3 is 0 Å². The maximum atomic E-state index is 11.2. The van der Waals surface area contributed by atoms with Crippen LogP contribution in [0.4, 0.5) is 0 Å². The van der Waals surface area contributed by atoms with Gasteiger partial charge in [0.25, 0.3) is 10.1 Å². The number of aromatic nitrogens is 1. The highest BCUT2D eigenvalue weighted by Crippen LogP contribution is 2.50. The van der Waals surface area contributed by atoms with E-state index in [1.807, 2.05) is 24.5 Å². The summed E-state index contributed by atoms with van der Waals surface area (Å²) in [6.45, 7) is 2.99. The zero-order chi connectivity index (χ0) is 26.8. The molecular weight excluding hydrogens is 520 g/mol. The van der Waals surface area contributed by atoms with E-state index in [4.69, 9.17) is 20.5 Å². The topological polar surface area (TPSA) is 77.5 Å². The van der Waals surface area contributed by atoms with Gasteiger partial charge in [0, 0.05) is 35.1 Å². The van der Waals surface area contributed by atoms with Crippen LogP contribution in [-0.4, -0.2) is 32.4 Å². The van der Waals surface area contributed by atoms with Gasteiger partial charge in [-0.3, -0.25) is 9.17 Å². The van der Waals surface area contributed by atoms with E-state index in [0.29, 0.717) is 19.1 Å². The number of hydrogen-bond acceptors (Lipinski definition) is 6. The van der Waals surface area contributed by atoms with Gasteiger partial charge in [-0.25, -0.2) is 0 Å². The number of para-hydroxylation sites is 1. The van der Waals surface area contributed by atoms with Crippen LogP contribution in [0.5, 0.6) is 5.75 Å². The molecule has 2 aliphatic carbocycles. The van der Waals surface area contributed by atoms with Crippen molar-refractivity contribution in [3.8, 4) is 16.9 Å². The van der Waals surface area contributed by atoms with Crippen molar-refractivity contribution in [3.05, 3.63) is 82.6 Å². The molecule has 2 fully saturated rings. The van der Waals surface area contributed by atoms with Crippen molar-refractivity contribution in [2.24, 2.45) is 0 Å². The maximum Gasteiger partial charge on any atom is 0.264 e. The molecule has 3 aromatic rings. The Balaban J connectivity index is 1.30. The van der Waals surface area contributed by atoms with E-state index in [-0.39, 0.29) is 18.1 Å². The Morgan fingerprint density at radius 1 is 1.13 bits per heavy atom. The SMILES string of the molecule is CC(CCCOS(C)(=O)=O)c1ccc(Cl)c(CNC2(c3cnccc3-c3ccccc3OC3CC3)CC2)c1. The molecule has 1 heterocycles. The molecule has 1 unspecified atom stereocenters. The fourth-order valence-corrected chi connectivity index (χ4v) is 5.51. The molecule has 0 aliphatic heterocycles. The molecule has 6 nitrogen and oxygen atoms in total. The molecule has 1 aromatic heterocycles. The lowest BCUT2D eigenvalue weighted by atomic mass is 9.93. The Morgan fingerprint density at radius 3 is 2.66 bits per heavy atom. The summed E-state index contributed by atoms with van der Waals surface area (Å²) in [5.74, 6) is 1.20. The second-order valence-electron chi connectivity index (χ2n) is 10.6. The van der Waals surface area contributed by atoms with E-state index in [1.54, 1.807) is 0 Å². The number of benzene rings is 2. The number of rotatable bonds is 13. The third-order valence-electron chi connectivity index (χ3n) is 7.42. The summed E-state index contributed by atoms with van der Waals surface area (Å²) in [7, 11) is -3.40. The Labute approximate surface area is 230 Å². The zero-order valence-corrected chi connectivity index (χ0v) is 23.5. The normalized spacial score (nSPS) is 17.2. The van der Waals surface area contributed by atoms with Crippen molar-refractivity contribution in [2.45, 2.75) is 69.6 Å². The summed E-state index contributed by atoms with van der Waals surface area (Å²) in [4.78, 5) is 4.49. The van der Waals surface area contributed by atoms with E-state index in [9.17, 15) is 8.42 Å². The summed E-state index contributed by atoms with van der Waals surface area (Å²) in [5.41, 5.74) is 5.55. The van der Waals surface area contributed by atoms with Gasteiger partial charge in [0.2, 0.25) is 0 Å². The Kier molecular flexibility index (Phi) is 8.10. The predicted octanol–water partition coefficient (Wildman–Crippen LogP) is 6.58. The first kappa shape index (κ1) is 27.1. The first-order valence-electron chi connectivity index (χ1n) is 13.3. The van der Waals surface area contributed by atoms with Crippen molar-refractivity contribution in [1.82, 2.24) is 10.3 Å². The number of nitrogens with one attached hydrogen (secondary N) is 1. The molecule has 0 amide bonds. The fraction of sp³-hybridized carbons (Fsp3) is 0.433. The van der Waals surface area contributed by atoms with Crippen LogP contribution in [0.1, 0.15) is 68.1 Å². The van der Waals surface area contributed by atoms with E-state index in [1.165, 1.54) is 11.1 Å². The molecule has 1 N–H and O–H groups in total. The number of ether oxygens (including phenoxy) is 1. The molecule has 0 bridgehead atoms. The lowest BCUT2D eigenvalue weighted by molar-refractivity contribution is 0.304. The lowest BCUT2D eigenvalue weighted by Gasteiger charge is -2.23. The number of nitrogens with zero attached hydrogens (tertiary/aromatic N) is 1. The maximum absolute atomic E-state index is 11.2. The van der Waals surface area contributed by atoms with E-state index in [2.05, 4.69) is 53.6 Å². The molecule has 2 saturated carbocycles. The van der Waals surface area contributed by atoms with Crippen LogP contribution in [0.2, 0.25) is 5.02 Å². The molecule has 2 aromatic carbocycles. The molecule has 38 heavy (non-hydrogen) atoms. The molecule has 2 aliphatic rings. The number of pyridine rings is 1. The van der Waals surface area contributed by atoms with Gasteiger partial charge in [-0.15, -0.1) is 0 Å². The first-order chi connectivity index (χ1) is 18.2. The third kappa shape index (κ3) is 6.75. The molecule has 8 heteroatoms. The van der Waals surface area contributed by atoms with Gasteiger partial charge in [0.05, 0.1) is 19.0 Å². The molecular formula is C30H35ClN2O4S. The quantitative estimate of drug-likeness (QED) is 0.190. The summed E-state index contributed by atoms with van der Waals surface area (Å²) < 4.78 is 33.5. The van der Waals surface area contributed by atoms with E-state index >= 15 is 0 Å². The highest BCUT2D eigenvalue weighted by atomic mass is 35.5. The second kappa shape index (κ2) is 11.3. The Morgan fingerprint density at radius 2 is 1.92 bits per heavy atom. The van der Waals surface area contributed by atoms with Gasteiger partial charge in [0.15, 0.2) is 0 Å². The average Bonchev–Trinajstić information content (AvgIpc) is 3.83. The van der Waals surface area contributed by atoms with Crippen molar-refractivity contribution in [3.63, 3.8) is 0 Å². The van der Waals surface area contributed by atoms with Crippen molar-refractivity contribution >= 4 is 21.7 Å². The van der Waals surface area contributed by atoms with Crippen LogP contribution >= 0.6 is 11.6 Å². The minimum atomic E-state index is -3.40. The van der Waals surface area contributed by atoms with Crippen LogP contribution in [0.25, 0.3) is 11.1 Å². The van der Waals surface area contributed by atoms with Crippen LogP contribution in [-0.2, 0) is 26.4 Å². The van der Waals surface area contributed by atoms with Crippen LogP contribution < -0.4 is 10.1 Å². The third-order valence-corrected chi connectivity index (χ3v) is 8.38. The van der Waals surface area contributed by atoms with Crippen LogP contribution in [0.15, 0.2) is 60.9 Å². The van der Waals surface area contributed by atoms with E-state index < -0.39 is 10.1 Å². The van der Waals surface area contributed by atoms with Gasteiger partial charge in [0.1, 0.15) is 5.75 Å². The molecule has 0 spiro atoms. The second-order valence-corrected chi connectivity index (χ2v) is 12.6. The largest absolute Gasteiger partial charge is 0.490 e. The van der Waals surface area contributed by atoms with Gasteiger partial charge in [-0.05, 0) is 84.9 Å². The monoisotopic (exact) mass is 554 g/mol. The minimum Gasteiger partial charge on any atom is -0.490 e. The molecule has 0 saturated heterocycles. The van der Waals surface area contributed by atoms with Crippen molar-refractivity contribution in [1.29, 1.82) is 0 Å². The Hall–Kier alpha value is -2.45. The predicted molar refractivity (Wildman–Crippen MR) is 151 cm³/mol. The summed E-state index contributed by atoms with van der Waals surface area (Å²) in [5, 5.41) is 4.54. The first-order valence-corrected chi connectivity index (χ1v) is 15.5. The van der Waals surface area contributed by atoms with Gasteiger partial charge in [-0.1, -0.05) is 48.9 Å². The minimum absolute atomic E-state index is 0.149. The van der Waals surface area contributed by atoms with Gasteiger partial charge < -0.3 is 10.1 Å². The average molecular weight is 555 g/mol. The van der Waals surface area contributed by atoms with Crippen LogP contribution in [0.3, 0.4) is 0 Å². The standard InChI is InChI=1S/C30H35ClN2O4S/c1-21(6-5-17-36-38(2,34)35)22-9-12-28(31)23(18-22)19-33-30(14-15-30)27-20-32-16-13-25(27)26-7-3-4-8-29(26)37-24-10-11-24/h3-4,7-9,12-13,16,18,20-21,24,33H,5-6,10-11,14-15,17,19H2,1-2H3. The van der Waals surface area contributed by atoms with Gasteiger partial charge in [-0.2, -0.15) is 8.42 Å². The zero-order valence-electron chi connectivity index (χ0n) is 22.0. The number of hydrogen-bond donors (Lipinski definition) is 1. The highest BCUT2D eigenvalue weighted by Gasteiger charge is 2.45. The lowest BCUT2D eigenvalue weighted by Crippen LogP contribution is -2.29. The van der Waals surface area contributed by atoms with Crippen LogP contribution in [0, 0.1) is 0 Å². The molecule has 0 radical (unpaired) electrons. The van der Waals surface area contributed by atoms with Crippen molar-refractivity contribution in [2.75, 3.05) is 12.9 Å². The van der Waals surface area contributed by atoms with Crippen molar-refractivity contribution < 1.29 is 17.3 Å². The summed E-state index contributed by atoms with van der Waals surface area (Å²) in [6, 6.07) is 16.5. The summed E-state index contributed by atoms with van der Waals surface area (Å²) >= 11 is 6.62. The Bertz CT molecular complexity index is 1390. The summed E-state index contributed by atoms with van der Waals surface area (Å²) in [6.07, 6.45) is 11.1. The smallest absolute Gasteiger partial charge is 0.264 e. The highest BCUT2D eigenvalue weighted by molar-refractivity contribution is 7.85. The van der Waals surface area contributed by atoms with E-state index in [0.717, 1.165) is 65.8 Å². The fourth-order valence-electron chi connectivity index (χ4n) is 4.90. The molecule has 202 valence electrons. The molecule has 1 atom stereocenters. The molecule has 5 rings (SSSR count).